The summed E-state index contributed by atoms with van der Waals surface area (Å²) in [6.07, 6.45) is 6.79. The molecule has 0 unspecified atom stereocenters. The van der Waals surface area contributed by atoms with Crippen LogP contribution in [0.3, 0.4) is 0 Å². The summed E-state index contributed by atoms with van der Waals surface area (Å²) in [4.78, 5) is 26.7. The van der Waals surface area contributed by atoms with Gasteiger partial charge in [0, 0.05) is 39.4 Å². The number of amides is 1. The third-order valence-electron chi connectivity index (χ3n) is 3.98. The molecule has 2 aromatic heterocycles. The van der Waals surface area contributed by atoms with Gasteiger partial charge in [0.1, 0.15) is 6.61 Å². The third kappa shape index (κ3) is 3.65. The van der Waals surface area contributed by atoms with Gasteiger partial charge in [-0.3, -0.25) is 4.79 Å². The summed E-state index contributed by atoms with van der Waals surface area (Å²) in [6, 6.07) is -0.0399. The number of anilines is 1. The number of nitrogens with one attached hydrogen (secondary N) is 1. The molecule has 2 aromatic rings. The number of nitrogens with zero attached hydrogens (tertiary/aromatic N) is 5. The van der Waals surface area contributed by atoms with Crippen LogP contribution in [0.25, 0.3) is 0 Å². The Balaban J connectivity index is 1.79. The Labute approximate surface area is 144 Å². The molecule has 0 aliphatic carbocycles. The molecule has 3 heterocycles. The lowest BCUT2D eigenvalue weighted by Gasteiger charge is -2.18. The summed E-state index contributed by atoms with van der Waals surface area (Å²) in [6.45, 7) is 1.18. The van der Waals surface area contributed by atoms with Crippen LogP contribution < -0.4 is 5.32 Å². The van der Waals surface area contributed by atoms with E-state index in [9.17, 15) is 4.79 Å². The van der Waals surface area contributed by atoms with Crippen molar-refractivity contribution in [1.29, 1.82) is 0 Å². The fourth-order valence-corrected chi connectivity index (χ4v) is 2.94. The Bertz CT molecular complexity index is 704. The first-order valence-electron chi connectivity index (χ1n) is 7.55. The molecule has 1 amide bonds. The zero-order valence-corrected chi connectivity index (χ0v) is 14.3. The summed E-state index contributed by atoms with van der Waals surface area (Å²) in [5.74, 6) is 0.484. The number of likely N-dealkylation sites (tertiary alicyclic amines) is 1. The highest BCUT2D eigenvalue weighted by molar-refractivity contribution is 6.30. The van der Waals surface area contributed by atoms with Crippen molar-refractivity contribution in [3.8, 4) is 0 Å². The summed E-state index contributed by atoms with van der Waals surface area (Å²) in [5.41, 5.74) is 0.927. The van der Waals surface area contributed by atoms with E-state index in [1.165, 1.54) is 19.5 Å². The maximum absolute atomic E-state index is 12.2. The Kier molecular flexibility index (Phi) is 4.96. The van der Waals surface area contributed by atoms with Crippen molar-refractivity contribution in [3.05, 3.63) is 35.6 Å². The van der Waals surface area contributed by atoms with E-state index in [1.807, 2.05) is 17.8 Å². The van der Waals surface area contributed by atoms with E-state index in [1.54, 1.807) is 11.2 Å². The van der Waals surface area contributed by atoms with Crippen LogP contribution in [0.4, 0.5) is 5.95 Å². The first-order chi connectivity index (χ1) is 11.6. The van der Waals surface area contributed by atoms with Gasteiger partial charge in [0.15, 0.2) is 0 Å². The number of carbonyl (C=O) groups is 1. The van der Waals surface area contributed by atoms with Gasteiger partial charge in [-0.1, -0.05) is 11.6 Å². The molecule has 0 aromatic carbocycles. The lowest BCUT2D eigenvalue weighted by molar-refractivity contribution is -0.134. The predicted octanol–water partition coefficient (Wildman–Crippen LogP) is 0.916. The van der Waals surface area contributed by atoms with E-state index >= 15 is 0 Å². The summed E-state index contributed by atoms with van der Waals surface area (Å²) >= 11 is 5.82. The van der Waals surface area contributed by atoms with Crippen LogP contribution in [0.15, 0.2) is 24.9 Å². The Morgan fingerprint density at radius 3 is 2.75 bits per heavy atom. The van der Waals surface area contributed by atoms with E-state index in [2.05, 4.69) is 20.3 Å². The van der Waals surface area contributed by atoms with Gasteiger partial charge < -0.3 is 19.5 Å². The highest BCUT2D eigenvalue weighted by atomic mass is 35.5. The van der Waals surface area contributed by atoms with Crippen molar-refractivity contribution in [2.24, 2.45) is 7.05 Å². The van der Waals surface area contributed by atoms with Crippen LogP contribution in [0, 0.1) is 0 Å². The smallest absolute Gasteiger partial charge is 0.248 e. The molecule has 0 radical (unpaired) electrons. The van der Waals surface area contributed by atoms with Crippen molar-refractivity contribution in [2.75, 3.05) is 32.1 Å². The van der Waals surface area contributed by atoms with Gasteiger partial charge in [-0.25, -0.2) is 15.0 Å². The number of hydrogen-bond acceptors (Lipinski definition) is 6. The molecule has 3 rings (SSSR count). The maximum Gasteiger partial charge on any atom is 0.248 e. The average Bonchev–Trinajstić information content (AvgIpc) is 3.16. The topological polar surface area (TPSA) is 85.2 Å². The Morgan fingerprint density at radius 1 is 1.38 bits per heavy atom. The summed E-state index contributed by atoms with van der Waals surface area (Å²) in [7, 11) is 3.44. The SMILES string of the molecule is COCC(=O)N1C[C@@H](Nc2ncc(Cl)cn2)[C@H](c2cn(C)cn2)C1. The predicted molar refractivity (Wildman–Crippen MR) is 88.9 cm³/mol. The van der Waals surface area contributed by atoms with Crippen molar-refractivity contribution in [3.63, 3.8) is 0 Å². The number of methoxy groups -OCH3 is 1. The molecule has 0 spiro atoms. The summed E-state index contributed by atoms with van der Waals surface area (Å²) in [5, 5.41) is 3.77. The van der Waals surface area contributed by atoms with Crippen LogP contribution in [-0.2, 0) is 16.6 Å². The monoisotopic (exact) mass is 350 g/mol. The van der Waals surface area contributed by atoms with E-state index in [0.717, 1.165) is 5.69 Å². The van der Waals surface area contributed by atoms with Crippen LogP contribution in [0.2, 0.25) is 5.02 Å². The fraction of sp³-hybridized carbons (Fsp3) is 0.467. The highest BCUT2D eigenvalue weighted by Crippen LogP contribution is 2.28. The first kappa shape index (κ1) is 16.7. The highest BCUT2D eigenvalue weighted by Gasteiger charge is 2.37. The minimum Gasteiger partial charge on any atom is -0.375 e. The molecule has 8 nitrogen and oxygen atoms in total. The molecule has 1 fully saturated rings. The van der Waals surface area contributed by atoms with Crippen LogP contribution in [-0.4, -0.2) is 63.2 Å². The lowest BCUT2D eigenvalue weighted by atomic mass is 10.0. The summed E-state index contributed by atoms with van der Waals surface area (Å²) < 4.78 is 6.85. The van der Waals surface area contributed by atoms with Gasteiger partial charge in [-0.2, -0.15) is 0 Å². The van der Waals surface area contributed by atoms with E-state index < -0.39 is 0 Å². The molecule has 1 N–H and O–H groups in total. The fourth-order valence-electron chi connectivity index (χ4n) is 2.85. The number of halogens is 1. The van der Waals surface area contributed by atoms with Crippen LogP contribution >= 0.6 is 11.6 Å². The second kappa shape index (κ2) is 7.14. The number of ether oxygens (including phenoxy) is 1. The van der Waals surface area contributed by atoms with Crippen molar-refractivity contribution >= 4 is 23.5 Å². The number of imidazole rings is 1. The number of aromatic nitrogens is 4. The minimum absolute atomic E-state index is 0.0399. The second-order valence-corrected chi connectivity index (χ2v) is 6.21. The molecule has 0 saturated carbocycles. The second-order valence-electron chi connectivity index (χ2n) is 5.78. The third-order valence-corrected chi connectivity index (χ3v) is 4.18. The maximum atomic E-state index is 12.2. The quantitative estimate of drug-likeness (QED) is 0.863. The van der Waals surface area contributed by atoms with Crippen molar-refractivity contribution in [2.45, 2.75) is 12.0 Å². The number of aryl methyl sites for hydroxylation is 1. The molecule has 1 aliphatic heterocycles. The first-order valence-corrected chi connectivity index (χ1v) is 7.93. The van der Waals surface area contributed by atoms with Crippen molar-refractivity contribution < 1.29 is 9.53 Å². The molecule has 1 saturated heterocycles. The molecule has 2 atom stereocenters. The standard InChI is InChI=1S/C15H19ClN6O2/c1-21-6-12(19-9-21)11-5-22(14(23)8-24-2)7-13(11)20-15-17-3-10(16)4-18-15/h3-4,6,9,11,13H,5,7-8H2,1-2H3,(H,17,18,20)/t11-,13+/m0/s1. The van der Waals surface area contributed by atoms with Gasteiger partial charge in [-0.05, 0) is 0 Å². The largest absolute Gasteiger partial charge is 0.375 e. The van der Waals surface area contributed by atoms with Gasteiger partial charge in [0.2, 0.25) is 11.9 Å². The molecule has 24 heavy (non-hydrogen) atoms. The van der Waals surface area contributed by atoms with Gasteiger partial charge in [0.25, 0.3) is 0 Å². The van der Waals surface area contributed by atoms with E-state index in [0.29, 0.717) is 24.1 Å². The van der Waals surface area contributed by atoms with Crippen molar-refractivity contribution in [1.82, 2.24) is 24.4 Å². The minimum atomic E-state index is -0.0419. The molecule has 1 aliphatic rings. The molecular formula is C15H19ClN6O2. The zero-order valence-electron chi connectivity index (χ0n) is 13.5. The Morgan fingerprint density at radius 2 is 2.12 bits per heavy atom. The Hall–Kier alpha value is -2.19. The molecule has 9 heteroatoms. The van der Waals surface area contributed by atoms with E-state index in [4.69, 9.17) is 16.3 Å². The normalized spacial score (nSPS) is 20.4. The average molecular weight is 351 g/mol. The number of carbonyl (C=O) groups excluding carboxylic acids is 1. The van der Waals surface area contributed by atoms with Crippen LogP contribution in [0.1, 0.15) is 11.6 Å². The lowest BCUT2D eigenvalue weighted by Crippen LogP contribution is -2.34. The molecule has 0 bridgehead atoms. The molecular weight excluding hydrogens is 332 g/mol. The zero-order chi connectivity index (χ0) is 17.1. The van der Waals surface area contributed by atoms with E-state index in [-0.39, 0.29) is 24.5 Å². The van der Waals surface area contributed by atoms with Crippen LogP contribution in [0.5, 0.6) is 0 Å². The molecule has 128 valence electrons. The number of hydrogen-bond donors (Lipinski definition) is 1. The van der Waals surface area contributed by atoms with Gasteiger partial charge >= 0.3 is 0 Å². The van der Waals surface area contributed by atoms with Gasteiger partial charge in [0.05, 0.1) is 35.5 Å². The van der Waals surface area contributed by atoms with Gasteiger partial charge in [-0.15, -0.1) is 0 Å². The number of rotatable bonds is 5.